The van der Waals surface area contributed by atoms with Crippen LogP contribution in [-0.2, 0) is 4.79 Å². The molecule has 0 unspecified atom stereocenters. The quantitative estimate of drug-likeness (QED) is 0.404. The van der Waals surface area contributed by atoms with Gasteiger partial charge < -0.3 is 18.9 Å². The van der Waals surface area contributed by atoms with Gasteiger partial charge in [0, 0.05) is 17.0 Å². The normalized spacial score (nSPS) is 18.7. The van der Waals surface area contributed by atoms with Crippen molar-refractivity contribution in [1.82, 2.24) is 0 Å². The number of benzene rings is 2. The predicted octanol–water partition coefficient (Wildman–Crippen LogP) is 4.76. The molecule has 0 saturated heterocycles. The van der Waals surface area contributed by atoms with E-state index in [0.29, 0.717) is 40.0 Å². The third kappa shape index (κ3) is 3.43. The number of ether oxygens (including phenoxy) is 4. The van der Waals surface area contributed by atoms with Gasteiger partial charge >= 0.3 is 5.97 Å². The number of fused-ring (bicyclic) bond motifs is 3. The summed E-state index contributed by atoms with van der Waals surface area (Å²) < 4.78 is 22.3. The average molecular weight is 408 g/mol. The monoisotopic (exact) mass is 408 g/mol. The van der Waals surface area contributed by atoms with Gasteiger partial charge in [0.25, 0.3) is 0 Å². The summed E-state index contributed by atoms with van der Waals surface area (Å²) in [5, 5.41) is 0. The van der Waals surface area contributed by atoms with Crippen LogP contribution < -0.4 is 18.9 Å². The van der Waals surface area contributed by atoms with E-state index in [2.05, 4.69) is 13.8 Å². The Bertz CT molecular complexity index is 1050. The maximum Gasteiger partial charge on any atom is 0.311 e. The standard InChI is InChI=1S/C24H24O6/c1-13(2)10-15-12-20(25)29-17-9-8-16-22(26)19(30-24(16)21(15)17)11-14-6-5-7-18(27-3)23(14)28-4/h5-9,11,13,15H,10,12H2,1-4H3/b19-11-/t15-/m1/s1. The SMILES string of the molecule is COc1cccc(/C=C2\Oc3c(ccc4c3[C@H](CC(C)C)CC(=O)O4)C2=O)c1OC. The number of esters is 1. The van der Waals surface area contributed by atoms with Gasteiger partial charge in [0.05, 0.1) is 26.2 Å². The molecule has 6 nitrogen and oxygen atoms in total. The molecule has 2 aromatic carbocycles. The van der Waals surface area contributed by atoms with Crippen LogP contribution in [0.2, 0.25) is 0 Å². The molecule has 0 radical (unpaired) electrons. The lowest BCUT2D eigenvalue weighted by Crippen LogP contribution is -2.21. The van der Waals surface area contributed by atoms with Crippen LogP contribution in [-0.4, -0.2) is 26.0 Å². The van der Waals surface area contributed by atoms with Gasteiger partial charge in [0.2, 0.25) is 5.78 Å². The molecule has 2 aliphatic rings. The maximum atomic E-state index is 13.1. The van der Waals surface area contributed by atoms with Crippen molar-refractivity contribution in [1.29, 1.82) is 0 Å². The molecule has 0 saturated carbocycles. The molecule has 2 heterocycles. The summed E-state index contributed by atoms with van der Waals surface area (Å²) in [5.74, 6) is 2.13. The van der Waals surface area contributed by atoms with Gasteiger partial charge in [0.1, 0.15) is 11.5 Å². The second kappa shape index (κ2) is 7.86. The number of rotatable bonds is 5. The summed E-state index contributed by atoms with van der Waals surface area (Å²) in [7, 11) is 3.11. The molecule has 0 aliphatic carbocycles. The van der Waals surface area contributed by atoms with Crippen molar-refractivity contribution in [2.45, 2.75) is 32.6 Å². The van der Waals surface area contributed by atoms with E-state index in [1.807, 2.05) is 12.1 Å². The van der Waals surface area contributed by atoms with Gasteiger partial charge in [-0.05, 0) is 36.6 Å². The number of para-hydroxylation sites is 1. The molecule has 6 heteroatoms. The number of hydrogen-bond acceptors (Lipinski definition) is 6. The van der Waals surface area contributed by atoms with E-state index in [0.717, 1.165) is 12.0 Å². The fraction of sp³-hybridized carbons (Fsp3) is 0.333. The summed E-state index contributed by atoms with van der Waals surface area (Å²) in [6.07, 6.45) is 2.74. The van der Waals surface area contributed by atoms with Crippen LogP contribution in [0.25, 0.3) is 6.08 Å². The van der Waals surface area contributed by atoms with Gasteiger partial charge in [-0.1, -0.05) is 26.0 Å². The second-order valence-corrected chi connectivity index (χ2v) is 7.88. The van der Waals surface area contributed by atoms with Crippen LogP contribution in [0.15, 0.2) is 36.1 Å². The molecule has 2 aromatic rings. The molecule has 2 aliphatic heterocycles. The van der Waals surface area contributed by atoms with Crippen molar-refractivity contribution < 1.29 is 28.5 Å². The van der Waals surface area contributed by atoms with Crippen LogP contribution in [0.4, 0.5) is 0 Å². The lowest BCUT2D eigenvalue weighted by atomic mass is 9.84. The van der Waals surface area contributed by atoms with Crippen molar-refractivity contribution in [2.75, 3.05) is 14.2 Å². The van der Waals surface area contributed by atoms with Crippen LogP contribution in [0.5, 0.6) is 23.0 Å². The molecule has 0 spiro atoms. The highest BCUT2D eigenvalue weighted by Gasteiger charge is 2.38. The van der Waals surface area contributed by atoms with Gasteiger partial charge in [-0.15, -0.1) is 0 Å². The summed E-state index contributed by atoms with van der Waals surface area (Å²) in [6.45, 7) is 4.21. The summed E-state index contributed by atoms with van der Waals surface area (Å²) >= 11 is 0. The predicted molar refractivity (Wildman–Crippen MR) is 111 cm³/mol. The highest BCUT2D eigenvalue weighted by atomic mass is 16.5. The molecule has 0 bridgehead atoms. The van der Waals surface area contributed by atoms with Gasteiger partial charge in [-0.25, -0.2) is 0 Å². The minimum absolute atomic E-state index is 0.0466. The zero-order valence-corrected chi connectivity index (χ0v) is 17.5. The van der Waals surface area contributed by atoms with Gasteiger partial charge in [-0.2, -0.15) is 0 Å². The van der Waals surface area contributed by atoms with Crippen LogP contribution in [0.1, 0.15) is 54.1 Å². The Labute approximate surface area is 175 Å². The van der Waals surface area contributed by atoms with Crippen molar-refractivity contribution in [3.8, 4) is 23.0 Å². The molecule has 4 rings (SSSR count). The number of Topliss-reactive ketones (excluding diaryl/α,β-unsaturated/α-hetero) is 1. The Hall–Kier alpha value is -3.28. The molecular weight excluding hydrogens is 384 g/mol. The number of hydrogen-bond donors (Lipinski definition) is 0. The minimum Gasteiger partial charge on any atom is -0.493 e. The molecule has 0 aromatic heterocycles. The van der Waals surface area contributed by atoms with E-state index in [1.165, 1.54) is 0 Å². The highest BCUT2D eigenvalue weighted by molar-refractivity contribution is 6.15. The minimum atomic E-state index is -0.255. The number of allylic oxidation sites excluding steroid dienone is 1. The second-order valence-electron chi connectivity index (χ2n) is 7.88. The molecule has 30 heavy (non-hydrogen) atoms. The van der Waals surface area contributed by atoms with E-state index >= 15 is 0 Å². The first kappa shape index (κ1) is 20.0. The zero-order valence-electron chi connectivity index (χ0n) is 17.5. The first-order chi connectivity index (χ1) is 14.4. The van der Waals surface area contributed by atoms with Crippen molar-refractivity contribution in [3.05, 3.63) is 52.8 Å². The Morgan fingerprint density at radius 3 is 2.60 bits per heavy atom. The Morgan fingerprint density at radius 2 is 1.90 bits per heavy atom. The van der Waals surface area contributed by atoms with Crippen LogP contribution in [0.3, 0.4) is 0 Å². The number of ketones is 1. The molecule has 156 valence electrons. The van der Waals surface area contributed by atoms with Gasteiger partial charge in [-0.3, -0.25) is 9.59 Å². The molecule has 0 amide bonds. The largest absolute Gasteiger partial charge is 0.493 e. The Morgan fingerprint density at radius 1 is 1.10 bits per heavy atom. The Balaban J connectivity index is 1.78. The third-order valence-electron chi connectivity index (χ3n) is 5.36. The van der Waals surface area contributed by atoms with Crippen molar-refractivity contribution in [3.63, 3.8) is 0 Å². The summed E-state index contributed by atoms with van der Waals surface area (Å²) in [6, 6.07) is 8.78. The fourth-order valence-corrected chi connectivity index (χ4v) is 4.13. The summed E-state index contributed by atoms with van der Waals surface area (Å²) in [5.41, 5.74) is 1.95. The zero-order chi connectivity index (χ0) is 21.4. The topological polar surface area (TPSA) is 71.1 Å². The van der Waals surface area contributed by atoms with Gasteiger partial charge in [0.15, 0.2) is 17.3 Å². The lowest BCUT2D eigenvalue weighted by molar-refractivity contribution is -0.136. The molecule has 0 fully saturated rings. The van der Waals surface area contributed by atoms with E-state index in [4.69, 9.17) is 18.9 Å². The van der Waals surface area contributed by atoms with E-state index in [9.17, 15) is 9.59 Å². The van der Waals surface area contributed by atoms with Crippen molar-refractivity contribution in [2.24, 2.45) is 5.92 Å². The fourth-order valence-electron chi connectivity index (χ4n) is 4.13. The smallest absolute Gasteiger partial charge is 0.311 e. The maximum absolute atomic E-state index is 13.1. The summed E-state index contributed by atoms with van der Waals surface area (Å²) in [4.78, 5) is 25.1. The van der Waals surface area contributed by atoms with E-state index in [-0.39, 0.29) is 29.9 Å². The van der Waals surface area contributed by atoms with Crippen LogP contribution >= 0.6 is 0 Å². The van der Waals surface area contributed by atoms with E-state index in [1.54, 1.807) is 38.5 Å². The molecule has 0 N–H and O–H groups in total. The number of carbonyl (C=O) groups is 2. The number of carbonyl (C=O) groups excluding carboxylic acids is 2. The Kier molecular flexibility index (Phi) is 5.24. The first-order valence-corrected chi connectivity index (χ1v) is 9.95. The molecular formula is C24H24O6. The lowest BCUT2D eigenvalue weighted by Gasteiger charge is -2.27. The van der Waals surface area contributed by atoms with Crippen LogP contribution in [0, 0.1) is 5.92 Å². The molecule has 1 atom stereocenters. The third-order valence-corrected chi connectivity index (χ3v) is 5.36. The number of methoxy groups -OCH3 is 2. The highest BCUT2D eigenvalue weighted by Crippen LogP contribution is 2.48. The van der Waals surface area contributed by atoms with E-state index < -0.39 is 0 Å². The van der Waals surface area contributed by atoms with Crippen molar-refractivity contribution >= 4 is 17.8 Å². The first-order valence-electron chi connectivity index (χ1n) is 9.95. The average Bonchev–Trinajstić information content (AvgIpc) is 3.02.